The van der Waals surface area contributed by atoms with E-state index in [1.54, 1.807) is 0 Å². The number of non-ortho nitro benzene ring substituents is 1. The Morgan fingerprint density at radius 3 is 2.58 bits per heavy atom. The van der Waals surface area contributed by atoms with Crippen LogP contribution in [0, 0.1) is 10.1 Å². The second kappa shape index (κ2) is 8.59. The molecule has 1 aromatic rings. The average Bonchev–Trinajstić information content (AvgIpc) is 2.62. The normalized spacial score (nSPS) is 19.7. The molecule has 2 atom stereocenters. The standard InChI is InChI=1S/C17H25N3O5S/c1-3-6-13(2)18-17(21)16-7-4-5-12-19(16)26(24,25)15-10-8-14(9-11-15)20(22)23/h8-11,13,16H,3-7,12H2,1-2H3,(H,18,21)/t13-,16+/m1/s1. The number of benzene rings is 1. The lowest BCUT2D eigenvalue weighted by Crippen LogP contribution is -2.53. The molecular weight excluding hydrogens is 358 g/mol. The minimum Gasteiger partial charge on any atom is -0.352 e. The molecule has 0 aromatic heterocycles. The van der Waals surface area contributed by atoms with Crippen LogP contribution in [0.3, 0.4) is 0 Å². The number of rotatable bonds is 7. The first kappa shape index (κ1) is 20.3. The summed E-state index contributed by atoms with van der Waals surface area (Å²) in [5, 5.41) is 13.6. The molecule has 144 valence electrons. The molecule has 0 aliphatic carbocycles. The van der Waals surface area contributed by atoms with E-state index in [4.69, 9.17) is 0 Å². The number of carbonyl (C=O) groups is 1. The highest BCUT2D eigenvalue weighted by atomic mass is 32.2. The second-order valence-corrected chi connectivity index (χ2v) is 8.47. The Morgan fingerprint density at radius 1 is 1.35 bits per heavy atom. The van der Waals surface area contributed by atoms with Crippen molar-refractivity contribution in [3.63, 3.8) is 0 Å². The van der Waals surface area contributed by atoms with Gasteiger partial charge in [0.25, 0.3) is 5.69 Å². The molecule has 0 spiro atoms. The van der Waals surface area contributed by atoms with Crippen LogP contribution in [-0.4, -0.2) is 42.2 Å². The third kappa shape index (κ3) is 4.59. The largest absolute Gasteiger partial charge is 0.352 e. The highest BCUT2D eigenvalue weighted by Gasteiger charge is 2.38. The number of nitro benzene ring substituents is 1. The quantitative estimate of drug-likeness (QED) is 0.574. The third-order valence-corrected chi connectivity index (χ3v) is 6.44. The molecule has 1 N–H and O–H groups in total. The molecule has 1 fully saturated rings. The number of nitrogens with zero attached hydrogens (tertiary/aromatic N) is 2. The summed E-state index contributed by atoms with van der Waals surface area (Å²) in [5.41, 5.74) is -0.176. The fourth-order valence-electron chi connectivity index (χ4n) is 3.17. The topological polar surface area (TPSA) is 110 Å². The number of nitro groups is 1. The van der Waals surface area contributed by atoms with Crippen molar-refractivity contribution in [2.45, 2.75) is 62.9 Å². The molecule has 8 nitrogen and oxygen atoms in total. The predicted octanol–water partition coefficient (Wildman–Crippen LogP) is 2.44. The first-order chi connectivity index (χ1) is 12.3. The number of sulfonamides is 1. The van der Waals surface area contributed by atoms with Crippen molar-refractivity contribution in [1.29, 1.82) is 0 Å². The molecule has 0 unspecified atom stereocenters. The van der Waals surface area contributed by atoms with Crippen LogP contribution in [0.1, 0.15) is 46.0 Å². The van der Waals surface area contributed by atoms with E-state index < -0.39 is 21.0 Å². The van der Waals surface area contributed by atoms with Gasteiger partial charge in [-0.3, -0.25) is 14.9 Å². The van der Waals surface area contributed by atoms with Gasteiger partial charge in [0, 0.05) is 24.7 Å². The number of carbonyl (C=O) groups excluding carboxylic acids is 1. The summed E-state index contributed by atoms with van der Waals surface area (Å²) in [4.78, 5) is 22.7. The van der Waals surface area contributed by atoms with Crippen molar-refractivity contribution in [1.82, 2.24) is 9.62 Å². The molecule has 1 aliphatic rings. The maximum Gasteiger partial charge on any atom is 0.269 e. The minimum absolute atomic E-state index is 0.0154. The van der Waals surface area contributed by atoms with E-state index in [-0.39, 0.29) is 29.1 Å². The molecule has 9 heteroatoms. The Morgan fingerprint density at radius 2 is 2.00 bits per heavy atom. The molecule has 1 amide bonds. The van der Waals surface area contributed by atoms with Crippen molar-refractivity contribution in [3.05, 3.63) is 34.4 Å². The van der Waals surface area contributed by atoms with Gasteiger partial charge in [-0.2, -0.15) is 4.31 Å². The van der Waals surface area contributed by atoms with Gasteiger partial charge in [0.1, 0.15) is 6.04 Å². The summed E-state index contributed by atoms with van der Waals surface area (Å²) >= 11 is 0. The van der Waals surface area contributed by atoms with Gasteiger partial charge in [0.15, 0.2) is 0 Å². The minimum atomic E-state index is -3.90. The SMILES string of the molecule is CCC[C@@H](C)NC(=O)[C@@H]1CCCCN1S(=O)(=O)c1ccc([N+](=O)[O-])cc1. The molecular formula is C17H25N3O5S. The fraction of sp³-hybridized carbons (Fsp3) is 0.588. The fourth-order valence-corrected chi connectivity index (χ4v) is 4.83. The Hall–Kier alpha value is -2.00. The maximum absolute atomic E-state index is 13.0. The summed E-state index contributed by atoms with van der Waals surface area (Å²) in [5.74, 6) is -0.281. The van der Waals surface area contributed by atoms with E-state index in [1.165, 1.54) is 16.4 Å². The number of hydrogen-bond acceptors (Lipinski definition) is 5. The zero-order valence-electron chi connectivity index (χ0n) is 15.1. The van der Waals surface area contributed by atoms with Gasteiger partial charge in [0.2, 0.25) is 15.9 Å². The Kier molecular flexibility index (Phi) is 6.71. The predicted molar refractivity (Wildman–Crippen MR) is 97.1 cm³/mol. The molecule has 0 radical (unpaired) electrons. The van der Waals surface area contributed by atoms with Crippen molar-refractivity contribution in [3.8, 4) is 0 Å². The van der Waals surface area contributed by atoms with Crippen LogP contribution in [-0.2, 0) is 14.8 Å². The highest BCUT2D eigenvalue weighted by Crippen LogP contribution is 2.27. The van der Waals surface area contributed by atoms with Crippen LogP contribution in [0.15, 0.2) is 29.2 Å². The Labute approximate surface area is 153 Å². The lowest BCUT2D eigenvalue weighted by atomic mass is 10.0. The monoisotopic (exact) mass is 383 g/mol. The molecule has 26 heavy (non-hydrogen) atoms. The lowest BCUT2D eigenvalue weighted by molar-refractivity contribution is -0.384. The van der Waals surface area contributed by atoms with Gasteiger partial charge in [-0.15, -0.1) is 0 Å². The summed E-state index contributed by atoms with van der Waals surface area (Å²) < 4.78 is 27.2. The van der Waals surface area contributed by atoms with E-state index in [0.29, 0.717) is 12.8 Å². The average molecular weight is 383 g/mol. The summed E-state index contributed by atoms with van der Waals surface area (Å²) in [6.45, 7) is 4.19. The van der Waals surface area contributed by atoms with E-state index in [1.807, 2.05) is 13.8 Å². The Bertz CT molecular complexity index is 748. The van der Waals surface area contributed by atoms with Gasteiger partial charge in [0.05, 0.1) is 9.82 Å². The number of nitrogens with one attached hydrogen (secondary N) is 1. The first-order valence-electron chi connectivity index (χ1n) is 8.84. The molecule has 2 rings (SSSR count). The number of hydrogen-bond donors (Lipinski definition) is 1. The highest BCUT2D eigenvalue weighted by molar-refractivity contribution is 7.89. The molecule has 1 saturated heterocycles. The van der Waals surface area contributed by atoms with Gasteiger partial charge in [-0.25, -0.2) is 8.42 Å². The van der Waals surface area contributed by atoms with Gasteiger partial charge in [-0.1, -0.05) is 19.8 Å². The van der Waals surface area contributed by atoms with Crippen LogP contribution in [0.4, 0.5) is 5.69 Å². The molecule has 0 bridgehead atoms. The molecule has 0 saturated carbocycles. The van der Waals surface area contributed by atoms with Crippen LogP contribution in [0.25, 0.3) is 0 Å². The Balaban J connectivity index is 2.24. The molecule has 1 aromatic carbocycles. The third-order valence-electron chi connectivity index (χ3n) is 4.52. The van der Waals surface area contributed by atoms with E-state index in [2.05, 4.69) is 5.32 Å². The first-order valence-corrected chi connectivity index (χ1v) is 10.3. The molecule has 1 aliphatic heterocycles. The number of piperidine rings is 1. The van der Waals surface area contributed by atoms with Crippen molar-refractivity contribution >= 4 is 21.6 Å². The molecule has 1 heterocycles. The van der Waals surface area contributed by atoms with Crippen LogP contribution >= 0.6 is 0 Å². The van der Waals surface area contributed by atoms with E-state index in [0.717, 1.165) is 31.4 Å². The smallest absolute Gasteiger partial charge is 0.269 e. The number of amides is 1. The summed E-state index contributed by atoms with van der Waals surface area (Å²) in [7, 11) is -3.90. The van der Waals surface area contributed by atoms with Crippen molar-refractivity contribution < 1.29 is 18.1 Å². The summed E-state index contributed by atoms with van der Waals surface area (Å²) in [6.07, 6.45) is 3.69. The van der Waals surface area contributed by atoms with Crippen molar-refractivity contribution in [2.24, 2.45) is 0 Å². The maximum atomic E-state index is 13.0. The summed E-state index contributed by atoms with van der Waals surface area (Å²) in [6, 6.07) is 4.00. The zero-order chi connectivity index (χ0) is 19.3. The zero-order valence-corrected chi connectivity index (χ0v) is 15.9. The van der Waals surface area contributed by atoms with Crippen molar-refractivity contribution in [2.75, 3.05) is 6.54 Å². The van der Waals surface area contributed by atoms with E-state index in [9.17, 15) is 23.3 Å². The lowest BCUT2D eigenvalue weighted by Gasteiger charge is -2.34. The van der Waals surface area contributed by atoms with E-state index >= 15 is 0 Å². The van der Waals surface area contributed by atoms with Crippen LogP contribution in [0.5, 0.6) is 0 Å². The van der Waals surface area contributed by atoms with Gasteiger partial charge < -0.3 is 5.32 Å². The van der Waals surface area contributed by atoms with Gasteiger partial charge in [-0.05, 0) is 38.3 Å². The van der Waals surface area contributed by atoms with Gasteiger partial charge >= 0.3 is 0 Å². The van der Waals surface area contributed by atoms with Crippen LogP contribution < -0.4 is 5.32 Å². The second-order valence-electron chi connectivity index (χ2n) is 6.58. The van der Waals surface area contributed by atoms with Crippen LogP contribution in [0.2, 0.25) is 0 Å².